The van der Waals surface area contributed by atoms with Crippen LogP contribution >= 0.6 is 15.9 Å². The van der Waals surface area contributed by atoms with E-state index in [9.17, 15) is 4.79 Å². The lowest BCUT2D eigenvalue weighted by molar-refractivity contribution is -0.114. The maximum atomic E-state index is 10.7. The molecule has 0 aliphatic rings. The summed E-state index contributed by atoms with van der Waals surface area (Å²) in [6.07, 6.45) is 1.65. The van der Waals surface area contributed by atoms with Gasteiger partial charge < -0.3 is 5.32 Å². The summed E-state index contributed by atoms with van der Waals surface area (Å²) >= 11 is 3.29. The van der Waals surface area contributed by atoms with E-state index in [1.807, 2.05) is 13.0 Å². The van der Waals surface area contributed by atoms with E-state index in [0.717, 1.165) is 10.0 Å². The summed E-state index contributed by atoms with van der Waals surface area (Å²) in [4.78, 5) is 14.7. The van der Waals surface area contributed by atoms with Gasteiger partial charge in [-0.15, -0.1) is 0 Å². The van der Waals surface area contributed by atoms with Gasteiger partial charge >= 0.3 is 0 Å². The fraction of sp³-hybridized carbons (Fsp3) is 0.250. The molecule has 0 aromatic carbocycles. The Labute approximate surface area is 79.3 Å². The molecule has 0 aliphatic carbocycles. The van der Waals surface area contributed by atoms with Gasteiger partial charge in [-0.1, -0.05) is 0 Å². The molecule has 3 nitrogen and oxygen atoms in total. The van der Waals surface area contributed by atoms with Crippen LogP contribution in [-0.4, -0.2) is 10.9 Å². The third kappa shape index (κ3) is 2.30. The monoisotopic (exact) mass is 228 g/mol. The van der Waals surface area contributed by atoms with Crippen molar-refractivity contribution in [1.82, 2.24) is 4.98 Å². The SMILES string of the molecule is CC(=O)Nc1ncc(Br)cc1C. The summed E-state index contributed by atoms with van der Waals surface area (Å²) in [5, 5.41) is 2.63. The first-order chi connectivity index (χ1) is 5.59. The van der Waals surface area contributed by atoms with Gasteiger partial charge in [0.1, 0.15) is 5.82 Å². The lowest BCUT2D eigenvalue weighted by atomic mass is 10.3. The quantitative estimate of drug-likeness (QED) is 0.801. The zero-order valence-electron chi connectivity index (χ0n) is 6.89. The molecule has 4 heteroatoms. The highest BCUT2D eigenvalue weighted by Crippen LogP contribution is 2.16. The Hall–Kier alpha value is -0.900. The van der Waals surface area contributed by atoms with Crippen molar-refractivity contribution in [2.45, 2.75) is 13.8 Å². The summed E-state index contributed by atoms with van der Waals surface area (Å²) < 4.78 is 0.911. The maximum absolute atomic E-state index is 10.7. The first-order valence-corrected chi connectivity index (χ1v) is 4.28. The molecule has 1 rings (SSSR count). The molecule has 0 spiro atoms. The van der Waals surface area contributed by atoms with Crippen LogP contribution in [0.4, 0.5) is 5.82 Å². The minimum absolute atomic E-state index is 0.104. The van der Waals surface area contributed by atoms with E-state index in [0.29, 0.717) is 5.82 Å². The summed E-state index contributed by atoms with van der Waals surface area (Å²) in [6.45, 7) is 3.35. The van der Waals surface area contributed by atoms with Crippen LogP contribution < -0.4 is 5.32 Å². The van der Waals surface area contributed by atoms with Crippen molar-refractivity contribution in [3.8, 4) is 0 Å². The van der Waals surface area contributed by atoms with Crippen molar-refractivity contribution in [1.29, 1.82) is 0 Å². The van der Waals surface area contributed by atoms with Gasteiger partial charge in [0.2, 0.25) is 5.91 Å². The van der Waals surface area contributed by atoms with Crippen molar-refractivity contribution < 1.29 is 4.79 Å². The lowest BCUT2D eigenvalue weighted by Crippen LogP contribution is -2.08. The van der Waals surface area contributed by atoms with Crippen LogP contribution in [0.1, 0.15) is 12.5 Å². The highest BCUT2D eigenvalue weighted by molar-refractivity contribution is 9.10. The minimum atomic E-state index is -0.104. The lowest BCUT2D eigenvalue weighted by Gasteiger charge is -2.04. The molecule has 0 saturated heterocycles. The van der Waals surface area contributed by atoms with Crippen LogP contribution in [0, 0.1) is 6.92 Å². The summed E-state index contributed by atoms with van der Waals surface area (Å²) in [6, 6.07) is 1.90. The van der Waals surface area contributed by atoms with Crippen molar-refractivity contribution in [2.75, 3.05) is 5.32 Å². The number of aryl methyl sites for hydroxylation is 1. The van der Waals surface area contributed by atoms with E-state index < -0.39 is 0 Å². The number of aromatic nitrogens is 1. The third-order valence-corrected chi connectivity index (χ3v) is 1.77. The predicted molar refractivity (Wildman–Crippen MR) is 51.0 cm³/mol. The molecule has 0 unspecified atom stereocenters. The van der Waals surface area contributed by atoms with E-state index in [2.05, 4.69) is 26.2 Å². The molecule has 1 N–H and O–H groups in total. The molecule has 1 aromatic rings. The number of anilines is 1. The van der Waals surface area contributed by atoms with Gasteiger partial charge in [-0.25, -0.2) is 4.98 Å². The number of halogens is 1. The Kier molecular flexibility index (Phi) is 2.81. The molecule has 64 valence electrons. The number of hydrogen-bond acceptors (Lipinski definition) is 2. The Morgan fingerprint density at radius 2 is 2.33 bits per heavy atom. The zero-order valence-corrected chi connectivity index (χ0v) is 8.47. The number of amides is 1. The number of hydrogen-bond donors (Lipinski definition) is 1. The number of pyridine rings is 1. The molecule has 0 fully saturated rings. The molecule has 0 aliphatic heterocycles. The normalized spacial score (nSPS) is 9.58. The molecule has 1 aromatic heterocycles. The average Bonchev–Trinajstić information content (AvgIpc) is 1.94. The van der Waals surface area contributed by atoms with Crippen LogP contribution in [0.15, 0.2) is 16.7 Å². The molecule has 1 amide bonds. The molecule has 0 atom stereocenters. The average molecular weight is 229 g/mol. The Morgan fingerprint density at radius 1 is 1.67 bits per heavy atom. The predicted octanol–water partition coefficient (Wildman–Crippen LogP) is 2.11. The second-order valence-corrected chi connectivity index (χ2v) is 3.42. The Morgan fingerprint density at radius 3 is 2.83 bits per heavy atom. The van der Waals surface area contributed by atoms with Gasteiger partial charge in [-0.05, 0) is 34.5 Å². The van der Waals surface area contributed by atoms with Gasteiger partial charge in [0.05, 0.1) is 0 Å². The van der Waals surface area contributed by atoms with Gasteiger partial charge in [0.25, 0.3) is 0 Å². The fourth-order valence-electron chi connectivity index (χ4n) is 0.838. The second-order valence-electron chi connectivity index (χ2n) is 2.50. The van der Waals surface area contributed by atoms with E-state index in [1.165, 1.54) is 6.92 Å². The summed E-state index contributed by atoms with van der Waals surface area (Å²) in [7, 11) is 0. The standard InChI is InChI=1S/C8H9BrN2O/c1-5-3-7(9)4-10-8(5)11-6(2)12/h3-4H,1-2H3,(H,10,11,12). The number of nitrogens with one attached hydrogen (secondary N) is 1. The van der Waals surface area contributed by atoms with Gasteiger partial charge in [0.15, 0.2) is 0 Å². The van der Waals surface area contributed by atoms with Crippen molar-refractivity contribution in [3.63, 3.8) is 0 Å². The van der Waals surface area contributed by atoms with E-state index >= 15 is 0 Å². The van der Waals surface area contributed by atoms with Gasteiger partial charge in [0, 0.05) is 17.6 Å². The van der Waals surface area contributed by atoms with Crippen molar-refractivity contribution in [3.05, 3.63) is 22.3 Å². The second kappa shape index (κ2) is 3.67. The minimum Gasteiger partial charge on any atom is -0.311 e. The molecular formula is C8H9BrN2O. The van der Waals surface area contributed by atoms with Crippen molar-refractivity contribution >= 4 is 27.7 Å². The van der Waals surface area contributed by atoms with Crippen molar-refractivity contribution in [2.24, 2.45) is 0 Å². The third-order valence-electron chi connectivity index (χ3n) is 1.34. The van der Waals surface area contributed by atoms with E-state index in [4.69, 9.17) is 0 Å². The topological polar surface area (TPSA) is 42.0 Å². The van der Waals surface area contributed by atoms with E-state index in [-0.39, 0.29) is 5.91 Å². The summed E-state index contributed by atoms with van der Waals surface area (Å²) in [5.41, 5.74) is 0.944. The zero-order chi connectivity index (χ0) is 9.14. The molecule has 12 heavy (non-hydrogen) atoms. The largest absolute Gasteiger partial charge is 0.311 e. The van der Waals surface area contributed by atoms with Crippen LogP contribution in [0.5, 0.6) is 0 Å². The number of nitrogens with zero attached hydrogens (tertiary/aromatic N) is 1. The first kappa shape index (κ1) is 9.19. The molecule has 1 heterocycles. The maximum Gasteiger partial charge on any atom is 0.222 e. The molecule has 0 saturated carbocycles. The molecular weight excluding hydrogens is 220 g/mol. The number of carbonyl (C=O) groups excluding carboxylic acids is 1. The highest BCUT2D eigenvalue weighted by Gasteiger charge is 2.00. The fourth-order valence-corrected chi connectivity index (χ4v) is 1.28. The Bertz CT molecular complexity index is 312. The van der Waals surface area contributed by atoms with Crippen LogP contribution in [0.25, 0.3) is 0 Å². The highest BCUT2D eigenvalue weighted by atomic mass is 79.9. The van der Waals surface area contributed by atoms with E-state index in [1.54, 1.807) is 6.20 Å². The summed E-state index contributed by atoms with van der Waals surface area (Å²) in [5.74, 6) is 0.513. The number of rotatable bonds is 1. The van der Waals surface area contributed by atoms with Crippen LogP contribution in [0.2, 0.25) is 0 Å². The first-order valence-electron chi connectivity index (χ1n) is 3.49. The number of carbonyl (C=O) groups is 1. The molecule has 0 radical (unpaired) electrons. The Balaban J connectivity index is 2.93. The smallest absolute Gasteiger partial charge is 0.222 e. The van der Waals surface area contributed by atoms with Gasteiger partial charge in [-0.2, -0.15) is 0 Å². The van der Waals surface area contributed by atoms with Crippen LogP contribution in [-0.2, 0) is 4.79 Å². The van der Waals surface area contributed by atoms with Gasteiger partial charge in [-0.3, -0.25) is 4.79 Å². The van der Waals surface area contributed by atoms with Crippen LogP contribution in [0.3, 0.4) is 0 Å². The molecule has 0 bridgehead atoms.